The maximum Gasteiger partial charge on any atom is 0.171 e. The van der Waals surface area contributed by atoms with Gasteiger partial charge in [-0.25, -0.2) is 23.1 Å². The second kappa shape index (κ2) is 14.3. The Balaban J connectivity index is 0.883. The Morgan fingerprint density at radius 2 is 1.95 bits per heavy atom. The normalized spacial score (nSPS) is 38.8. The average molecular weight is 774 g/mol. The van der Waals surface area contributed by atoms with E-state index in [0.717, 1.165) is 56.9 Å². The number of halogens is 2. The lowest BCUT2D eigenvalue weighted by Gasteiger charge is -2.58. The van der Waals surface area contributed by atoms with E-state index in [-0.39, 0.29) is 35.9 Å². The standard InChI is InChI=1S/C44H61F2N7O3/c1-6-17-51(24-43(54,25-52-27-47-26-48-52)36-10-8-31(45)19-38(36)46)21-32-22-53(50-49-32)33-12-14-41(4)30(18-33)7-9-34-35(41)13-15-42(5)37(34)20-39-40(42)29(3)44(56-39)16-11-28(2)23-55-44/h7-8,10,19,22,26-29,33-35,37,39-40,54H,6,9,11-18,20-21,23-25H2,1-5H3/t28-,29+,33-,34-,35+,37+,39+,40+,41+,42+,43?,44-/m1/s1. The van der Waals surface area contributed by atoms with Crippen molar-refractivity contribution in [1.82, 2.24) is 34.7 Å². The molecular weight excluding hydrogens is 713 g/mol. The molecule has 12 heteroatoms. The maximum absolute atomic E-state index is 15.2. The second-order valence-electron chi connectivity index (χ2n) is 19.3. The van der Waals surface area contributed by atoms with E-state index in [9.17, 15) is 9.50 Å². The van der Waals surface area contributed by atoms with Gasteiger partial charge in [0.2, 0.25) is 0 Å². The molecule has 1 aromatic carbocycles. The Bertz CT molecular complexity index is 1910. The molecule has 0 radical (unpaired) electrons. The first-order valence-corrected chi connectivity index (χ1v) is 21.5. The van der Waals surface area contributed by atoms with Crippen molar-refractivity contribution < 1.29 is 23.4 Å². The van der Waals surface area contributed by atoms with E-state index >= 15 is 4.39 Å². The molecule has 56 heavy (non-hydrogen) atoms. The molecule has 5 fully saturated rings. The van der Waals surface area contributed by atoms with Crippen molar-refractivity contribution in [2.24, 2.45) is 46.3 Å². The molecule has 304 valence electrons. The quantitative estimate of drug-likeness (QED) is 0.208. The minimum atomic E-state index is -1.69. The summed E-state index contributed by atoms with van der Waals surface area (Å²) in [6, 6.07) is 3.56. The van der Waals surface area contributed by atoms with Crippen molar-refractivity contribution in [2.45, 2.75) is 135 Å². The molecule has 0 bridgehead atoms. The van der Waals surface area contributed by atoms with E-state index in [1.807, 2.05) is 0 Å². The monoisotopic (exact) mass is 773 g/mol. The second-order valence-corrected chi connectivity index (χ2v) is 19.3. The zero-order chi connectivity index (χ0) is 39.0. The molecular formula is C44H61F2N7O3. The number of aliphatic hydroxyl groups is 1. The lowest BCUT2D eigenvalue weighted by Crippen LogP contribution is -2.52. The van der Waals surface area contributed by atoms with Gasteiger partial charge in [-0.3, -0.25) is 4.90 Å². The fraction of sp³-hybridized carbons (Fsp3) is 0.727. The first-order valence-electron chi connectivity index (χ1n) is 21.5. The molecule has 1 N–H and O–H groups in total. The minimum absolute atomic E-state index is 0.0193. The van der Waals surface area contributed by atoms with E-state index in [2.05, 4.69) is 76.9 Å². The van der Waals surface area contributed by atoms with E-state index in [1.165, 1.54) is 55.2 Å². The molecule has 2 aromatic heterocycles. The van der Waals surface area contributed by atoms with Crippen LogP contribution in [0.3, 0.4) is 0 Å². The molecule has 4 heterocycles. The van der Waals surface area contributed by atoms with Crippen molar-refractivity contribution >= 4 is 0 Å². The number of rotatable bonds is 10. The van der Waals surface area contributed by atoms with Crippen LogP contribution < -0.4 is 0 Å². The summed E-state index contributed by atoms with van der Waals surface area (Å²) in [5.41, 5.74) is 1.25. The first-order chi connectivity index (χ1) is 26.8. The van der Waals surface area contributed by atoms with Gasteiger partial charge in [-0.15, -0.1) is 5.10 Å². The summed E-state index contributed by atoms with van der Waals surface area (Å²) in [7, 11) is 0. The molecule has 3 aromatic rings. The van der Waals surface area contributed by atoms with Crippen molar-refractivity contribution in [1.29, 1.82) is 0 Å². The average Bonchev–Trinajstić information content (AvgIpc) is 3.95. The molecule has 4 aliphatic carbocycles. The Kier molecular flexibility index (Phi) is 9.85. The predicted octanol–water partition coefficient (Wildman–Crippen LogP) is 7.86. The van der Waals surface area contributed by atoms with Crippen LogP contribution in [0.15, 0.2) is 48.7 Å². The number of hydrogen-bond acceptors (Lipinski definition) is 8. The number of allylic oxidation sites excluding steroid dienone is 2. The van der Waals surface area contributed by atoms with Gasteiger partial charge in [-0.05, 0) is 111 Å². The van der Waals surface area contributed by atoms with Gasteiger partial charge in [0, 0.05) is 37.1 Å². The van der Waals surface area contributed by atoms with Gasteiger partial charge >= 0.3 is 0 Å². The summed E-state index contributed by atoms with van der Waals surface area (Å²) in [6.07, 6.45) is 19.1. The topological polar surface area (TPSA) is 103 Å². The highest BCUT2D eigenvalue weighted by atomic mass is 19.1. The largest absolute Gasteiger partial charge is 0.382 e. The van der Waals surface area contributed by atoms with Crippen LogP contribution >= 0.6 is 0 Å². The fourth-order valence-electron chi connectivity index (χ4n) is 13.2. The Morgan fingerprint density at radius 1 is 1.09 bits per heavy atom. The minimum Gasteiger partial charge on any atom is -0.382 e. The van der Waals surface area contributed by atoms with Crippen molar-refractivity contribution in [3.63, 3.8) is 0 Å². The number of benzene rings is 1. The number of hydrogen-bond donors (Lipinski definition) is 1. The molecule has 12 atom stereocenters. The van der Waals surface area contributed by atoms with Crippen LogP contribution in [0.2, 0.25) is 0 Å². The smallest absolute Gasteiger partial charge is 0.171 e. The van der Waals surface area contributed by atoms with Gasteiger partial charge in [-0.1, -0.05) is 57.5 Å². The number of aromatic nitrogens is 6. The molecule has 6 aliphatic rings. The highest BCUT2D eigenvalue weighted by Crippen LogP contribution is 2.71. The predicted molar refractivity (Wildman–Crippen MR) is 207 cm³/mol. The van der Waals surface area contributed by atoms with Crippen LogP contribution in [0.5, 0.6) is 0 Å². The summed E-state index contributed by atoms with van der Waals surface area (Å²) in [5.74, 6) is 1.90. The lowest BCUT2D eigenvalue weighted by atomic mass is 9.46. The van der Waals surface area contributed by atoms with E-state index in [4.69, 9.17) is 9.47 Å². The van der Waals surface area contributed by atoms with Gasteiger partial charge in [0.05, 0.1) is 37.2 Å². The molecule has 1 spiro atoms. The summed E-state index contributed by atoms with van der Waals surface area (Å²) >= 11 is 0. The third-order valence-electron chi connectivity index (χ3n) is 16.0. The van der Waals surface area contributed by atoms with Crippen LogP contribution in [-0.2, 0) is 28.2 Å². The van der Waals surface area contributed by atoms with Crippen LogP contribution in [0.4, 0.5) is 8.78 Å². The van der Waals surface area contributed by atoms with Crippen molar-refractivity contribution in [2.75, 3.05) is 19.7 Å². The number of ether oxygens (including phenoxy) is 2. The van der Waals surface area contributed by atoms with Crippen LogP contribution in [0, 0.1) is 58.0 Å². The zero-order valence-electron chi connectivity index (χ0n) is 33.9. The third kappa shape index (κ3) is 6.40. The van der Waals surface area contributed by atoms with Crippen LogP contribution in [0.1, 0.15) is 116 Å². The molecule has 1 unspecified atom stereocenters. The van der Waals surface area contributed by atoms with Crippen LogP contribution in [-0.4, -0.2) is 71.4 Å². The van der Waals surface area contributed by atoms with E-state index in [0.29, 0.717) is 60.1 Å². The lowest BCUT2D eigenvalue weighted by molar-refractivity contribution is -0.272. The Labute approximate surface area is 330 Å². The van der Waals surface area contributed by atoms with Gasteiger partial charge < -0.3 is 14.6 Å². The highest BCUT2D eigenvalue weighted by Gasteiger charge is 2.68. The third-order valence-corrected chi connectivity index (χ3v) is 16.0. The summed E-state index contributed by atoms with van der Waals surface area (Å²) in [5, 5.41) is 25.5. The molecule has 9 rings (SSSR count). The number of fused-ring (bicyclic) bond motifs is 7. The SMILES string of the molecule is CCCN(Cc1cn([C@@H]2CC[C@@]3(C)C(=CC[C@H]4[C@@H]5C[C@@H]6O[C@]7(CC[C@@H](C)CO7)[C@@H](C)[C@@H]6[C@@]5(C)CC[C@@H]43)C2)nn1)CC(O)(Cn1cncn1)c1ccc(F)cc1F. The van der Waals surface area contributed by atoms with Crippen molar-refractivity contribution in [3.05, 3.63) is 71.6 Å². The maximum atomic E-state index is 15.2. The van der Waals surface area contributed by atoms with Gasteiger partial charge in [-0.2, -0.15) is 5.10 Å². The Morgan fingerprint density at radius 3 is 2.70 bits per heavy atom. The number of nitrogens with zero attached hydrogens (tertiary/aromatic N) is 7. The van der Waals surface area contributed by atoms with Crippen molar-refractivity contribution in [3.8, 4) is 0 Å². The van der Waals surface area contributed by atoms with Gasteiger partial charge in [0.1, 0.15) is 29.9 Å². The molecule has 2 saturated heterocycles. The van der Waals surface area contributed by atoms with E-state index in [1.54, 1.807) is 5.57 Å². The fourth-order valence-corrected chi connectivity index (χ4v) is 13.2. The zero-order valence-corrected chi connectivity index (χ0v) is 33.9. The summed E-state index contributed by atoms with van der Waals surface area (Å²) in [4.78, 5) is 6.07. The van der Waals surface area contributed by atoms with Gasteiger partial charge in [0.25, 0.3) is 0 Å². The van der Waals surface area contributed by atoms with E-state index < -0.39 is 17.2 Å². The van der Waals surface area contributed by atoms with Gasteiger partial charge in [0.15, 0.2) is 5.79 Å². The Hall–Kier alpha value is -3.06. The molecule has 0 amide bonds. The highest BCUT2D eigenvalue weighted by molar-refractivity contribution is 5.28. The summed E-state index contributed by atoms with van der Waals surface area (Å²) in [6.45, 7) is 13.9. The first kappa shape index (κ1) is 38.5. The molecule has 10 nitrogen and oxygen atoms in total. The summed E-state index contributed by atoms with van der Waals surface area (Å²) < 4.78 is 46.2. The molecule has 3 saturated carbocycles. The van der Waals surface area contributed by atoms with Crippen LogP contribution in [0.25, 0.3) is 0 Å². The molecule has 2 aliphatic heterocycles.